The first kappa shape index (κ1) is 8.37. The van der Waals surface area contributed by atoms with E-state index in [1.54, 1.807) is 0 Å². The van der Waals surface area contributed by atoms with Gasteiger partial charge in [-0.1, -0.05) is 0 Å². The second-order valence-corrected chi connectivity index (χ2v) is 3.77. The van der Waals surface area contributed by atoms with Crippen molar-refractivity contribution < 1.29 is 4.74 Å². The first-order valence-corrected chi connectivity index (χ1v) is 5.02. The molecule has 0 spiro atoms. The van der Waals surface area contributed by atoms with Crippen LogP contribution in [0.25, 0.3) is 0 Å². The van der Waals surface area contributed by atoms with Crippen LogP contribution in [0.4, 0.5) is 0 Å². The summed E-state index contributed by atoms with van der Waals surface area (Å²) >= 11 is 1.83. The molecule has 0 aromatic heterocycles. The molecule has 1 rings (SSSR count). The van der Waals surface area contributed by atoms with E-state index in [1.807, 2.05) is 11.8 Å². The molecule has 0 atom stereocenters. The highest BCUT2D eigenvalue weighted by Crippen LogP contribution is 2.20. The van der Waals surface area contributed by atoms with E-state index in [-0.39, 0.29) is 5.54 Å². The highest BCUT2D eigenvalue weighted by molar-refractivity contribution is 7.98. The van der Waals surface area contributed by atoms with Crippen molar-refractivity contribution in [1.82, 2.24) is 0 Å². The Morgan fingerprint density at radius 1 is 1.50 bits per heavy atom. The Morgan fingerprint density at radius 3 is 2.60 bits per heavy atom. The minimum absolute atomic E-state index is 0.0671. The third kappa shape index (κ3) is 2.15. The van der Waals surface area contributed by atoms with Crippen LogP contribution < -0.4 is 5.73 Å². The maximum atomic E-state index is 6.07. The molecule has 0 aromatic carbocycles. The summed E-state index contributed by atoms with van der Waals surface area (Å²) in [5.74, 6) is 1.07. The molecule has 0 saturated carbocycles. The lowest BCUT2D eigenvalue weighted by Gasteiger charge is -2.32. The predicted octanol–water partition coefficient (Wildman–Crippen LogP) is 0.857. The molecule has 1 aliphatic heterocycles. The highest BCUT2D eigenvalue weighted by Gasteiger charge is 2.26. The van der Waals surface area contributed by atoms with Gasteiger partial charge in [-0.15, -0.1) is 0 Å². The van der Waals surface area contributed by atoms with Crippen LogP contribution in [-0.2, 0) is 4.74 Å². The quantitative estimate of drug-likeness (QED) is 0.652. The molecule has 2 N–H and O–H groups in total. The summed E-state index contributed by atoms with van der Waals surface area (Å²) in [6.07, 6.45) is 4.14. The molecule has 10 heavy (non-hydrogen) atoms. The van der Waals surface area contributed by atoms with Crippen molar-refractivity contribution in [2.45, 2.75) is 18.4 Å². The lowest BCUT2D eigenvalue weighted by molar-refractivity contribution is 0.0609. The van der Waals surface area contributed by atoms with E-state index in [4.69, 9.17) is 10.5 Å². The summed E-state index contributed by atoms with van der Waals surface area (Å²) < 4.78 is 5.22. The van der Waals surface area contributed by atoms with Crippen molar-refractivity contribution in [3.05, 3.63) is 0 Å². The molecule has 2 nitrogen and oxygen atoms in total. The van der Waals surface area contributed by atoms with Gasteiger partial charge in [-0.2, -0.15) is 11.8 Å². The van der Waals surface area contributed by atoms with Crippen molar-refractivity contribution in [1.29, 1.82) is 0 Å². The highest BCUT2D eigenvalue weighted by atomic mass is 32.2. The van der Waals surface area contributed by atoms with Gasteiger partial charge in [-0.05, 0) is 19.1 Å². The standard InChI is InChI=1S/C7H15NOS/c1-10-6-7(8)2-4-9-5-3-7/h2-6,8H2,1H3. The molecular formula is C7H15NOS. The molecule has 1 fully saturated rings. The van der Waals surface area contributed by atoms with Crippen molar-refractivity contribution in [3.63, 3.8) is 0 Å². The second-order valence-electron chi connectivity index (χ2n) is 2.91. The fraction of sp³-hybridized carbons (Fsp3) is 1.00. The van der Waals surface area contributed by atoms with Gasteiger partial charge in [0.25, 0.3) is 0 Å². The average Bonchev–Trinajstić information content (AvgIpc) is 1.89. The Hall–Kier alpha value is 0.270. The smallest absolute Gasteiger partial charge is 0.0483 e. The van der Waals surface area contributed by atoms with Crippen LogP contribution >= 0.6 is 11.8 Å². The van der Waals surface area contributed by atoms with Gasteiger partial charge in [0, 0.05) is 24.5 Å². The molecule has 0 unspecified atom stereocenters. The normalized spacial score (nSPS) is 24.6. The fourth-order valence-electron chi connectivity index (χ4n) is 1.21. The summed E-state index contributed by atoms with van der Waals surface area (Å²) in [5.41, 5.74) is 6.14. The van der Waals surface area contributed by atoms with Gasteiger partial charge in [0.15, 0.2) is 0 Å². The Bertz CT molecular complexity index is 96.3. The fourth-order valence-corrected chi connectivity index (χ4v) is 2.07. The first-order valence-electron chi connectivity index (χ1n) is 3.62. The molecule has 1 aliphatic rings. The van der Waals surface area contributed by atoms with Crippen molar-refractivity contribution in [3.8, 4) is 0 Å². The zero-order valence-corrected chi connectivity index (χ0v) is 7.25. The van der Waals surface area contributed by atoms with Crippen LogP contribution in [0.15, 0.2) is 0 Å². The summed E-state index contributed by atoms with van der Waals surface area (Å²) in [6.45, 7) is 1.69. The molecule has 0 aromatic rings. The van der Waals surface area contributed by atoms with E-state index < -0.39 is 0 Å². The number of nitrogens with two attached hydrogens (primary N) is 1. The molecule has 3 heteroatoms. The zero-order valence-electron chi connectivity index (χ0n) is 6.43. The molecule has 0 bridgehead atoms. The van der Waals surface area contributed by atoms with E-state index in [1.165, 1.54) is 0 Å². The summed E-state index contributed by atoms with van der Waals surface area (Å²) in [4.78, 5) is 0. The maximum absolute atomic E-state index is 6.07. The molecule has 0 amide bonds. The zero-order chi connectivity index (χ0) is 7.45. The first-order chi connectivity index (χ1) is 4.77. The average molecular weight is 161 g/mol. The Labute approximate surface area is 66.5 Å². The summed E-state index contributed by atoms with van der Waals surface area (Å²) in [7, 11) is 0. The molecule has 0 radical (unpaired) electrons. The predicted molar refractivity (Wildman–Crippen MR) is 45.4 cm³/mol. The largest absolute Gasteiger partial charge is 0.381 e. The van der Waals surface area contributed by atoms with Crippen LogP contribution in [0.5, 0.6) is 0 Å². The minimum atomic E-state index is 0.0671. The van der Waals surface area contributed by atoms with Gasteiger partial charge in [-0.25, -0.2) is 0 Å². The van der Waals surface area contributed by atoms with Gasteiger partial charge < -0.3 is 10.5 Å². The Kier molecular flexibility index (Phi) is 3.01. The van der Waals surface area contributed by atoms with Crippen LogP contribution in [-0.4, -0.2) is 30.8 Å². The van der Waals surface area contributed by atoms with Gasteiger partial charge in [-0.3, -0.25) is 0 Å². The minimum Gasteiger partial charge on any atom is -0.381 e. The van der Waals surface area contributed by atoms with Crippen molar-refractivity contribution in [2.75, 3.05) is 25.2 Å². The van der Waals surface area contributed by atoms with E-state index in [2.05, 4.69) is 6.26 Å². The van der Waals surface area contributed by atoms with Gasteiger partial charge in [0.1, 0.15) is 0 Å². The topological polar surface area (TPSA) is 35.2 Å². The SMILES string of the molecule is CSCC1(N)CCOCC1. The van der Waals surface area contributed by atoms with Gasteiger partial charge in [0.05, 0.1) is 0 Å². The molecule has 1 heterocycles. The molecule has 0 aliphatic carbocycles. The van der Waals surface area contributed by atoms with Gasteiger partial charge in [0.2, 0.25) is 0 Å². The van der Waals surface area contributed by atoms with Gasteiger partial charge >= 0.3 is 0 Å². The van der Waals surface area contributed by atoms with Crippen molar-refractivity contribution >= 4 is 11.8 Å². The second kappa shape index (κ2) is 3.60. The van der Waals surface area contributed by atoms with E-state index >= 15 is 0 Å². The van der Waals surface area contributed by atoms with E-state index in [9.17, 15) is 0 Å². The third-order valence-electron chi connectivity index (χ3n) is 1.92. The van der Waals surface area contributed by atoms with Crippen LogP contribution in [0.2, 0.25) is 0 Å². The monoisotopic (exact) mass is 161 g/mol. The summed E-state index contributed by atoms with van der Waals surface area (Å²) in [6, 6.07) is 0. The van der Waals surface area contributed by atoms with Crippen molar-refractivity contribution in [2.24, 2.45) is 5.73 Å². The maximum Gasteiger partial charge on any atom is 0.0483 e. The number of rotatable bonds is 2. The Balaban J connectivity index is 2.32. The molecule has 60 valence electrons. The summed E-state index contributed by atoms with van der Waals surface area (Å²) in [5, 5.41) is 0. The van der Waals surface area contributed by atoms with Crippen LogP contribution in [0.1, 0.15) is 12.8 Å². The van der Waals surface area contributed by atoms with Crippen LogP contribution in [0, 0.1) is 0 Å². The van der Waals surface area contributed by atoms with E-state index in [0.29, 0.717) is 0 Å². The number of hydrogen-bond acceptors (Lipinski definition) is 3. The number of thioether (sulfide) groups is 1. The number of hydrogen-bond donors (Lipinski definition) is 1. The van der Waals surface area contributed by atoms with E-state index in [0.717, 1.165) is 31.8 Å². The molecular weight excluding hydrogens is 146 g/mol. The lowest BCUT2D eigenvalue weighted by atomic mass is 9.94. The Morgan fingerprint density at radius 2 is 2.10 bits per heavy atom. The third-order valence-corrected chi connectivity index (χ3v) is 2.78. The molecule has 1 saturated heterocycles. The van der Waals surface area contributed by atoms with Crippen LogP contribution in [0.3, 0.4) is 0 Å². The lowest BCUT2D eigenvalue weighted by Crippen LogP contribution is -2.47. The number of ether oxygens (including phenoxy) is 1.